The minimum Gasteiger partial charge on any atom is -0.480 e. The van der Waals surface area contributed by atoms with E-state index in [0.29, 0.717) is 12.8 Å². The molecule has 0 saturated carbocycles. The number of unbranched alkanes of at least 4 members (excludes halogenated alkanes) is 16. The number of rotatable bonds is 38. The second-order valence-electron chi connectivity index (χ2n) is 13.8. The van der Waals surface area contributed by atoms with Gasteiger partial charge in [0.05, 0.1) is 13.2 Å². The summed E-state index contributed by atoms with van der Waals surface area (Å²) in [5.74, 6) is -2.41. The Hall–Kier alpha value is -2.56. The van der Waals surface area contributed by atoms with E-state index < -0.39 is 57.6 Å². The number of esters is 1. The molecule has 0 spiro atoms. The molecule has 11 nitrogen and oxygen atoms in total. The molecule has 312 valence electrons. The highest BCUT2D eigenvalue weighted by molar-refractivity contribution is 7.47. The predicted octanol–water partition coefficient (Wildman–Crippen LogP) is 10.2. The lowest BCUT2D eigenvalue weighted by atomic mass is 10.1. The fourth-order valence-corrected chi connectivity index (χ4v) is 6.09. The van der Waals surface area contributed by atoms with Crippen LogP contribution in [0.3, 0.4) is 0 Å². The van der Waals surface area contributed by atoms with Gasteiger partial charge in [-0.15, -0.1) is 0 Å². The molecule has 0 aromatic rings. The van der Waals surface area contributed by atoms with Gasteiger partial charge in [0, 0.05) is 12.8 Å². The Balaban J connectivity index is 3.98. The Morgan fingerprint density at radius 1 is 0.593 bits per heavy atom. The van der Waals surface area contributed by atoms with E-state index >= 15 is 0 Å². The van der Waals surface area contributed by atoms with E-state index in [4.69, 9.17) is 13.8 Å². The van der Waals surface area contributed by atoms with Gasteiger partial charge in [0.15, 0.2) is 6.04 Å². The molecule has 0 saturated heterocycles. The third kappa shape index (κ3) is 36.4. The third-order valence-electron chi connectivity index (χ3n) is 8.59. The second kappa shape index (κ2) is 37.4. The zero-order valence-corrected chi connectivity index (χ0v) is 34.4. The van der Waals surface area contributed by atoms with E-state index in [1.807, 2.05) is 0 Å². The van der Waals surface area contributed by atoms with E-state index in [9.17, 15) is 34.1 Å². The summed E-state index contributed by atoms with van der Waals surface area (Å²) in [4.78, 5) is 45.8. The topological polar surface area (TPSA) is 169 Å². The average molecular weight is 784 g/mol. The highest BCUT2D eigenvalue weighted by atomic mass is 31.2. The van der Waals surface area contributed by atoms with Crippen LogP contribution >= 0.6 is 7.82 Å². The van der Waals surface area contributed by atoms with Crippen LogP contribution in [-0.2, 0) is 32.7 Å². The van der Waals surface area contributed by atoms with Crippen molar-refractivity contribution < 1.29 is 47.8 Å². The number of phosphoric ester groups is 1. The second-order valence-corrected chi connectivity index (χ2v) is 15.3. The maximum absolute atomic E-state index is 12.3. The van der Waals surface area contributed by atoms with Crippen LogP contribution < -0.4 is 5.32 Å². The van der Waals surface area contributed by atoms with Gasteiger partial charge in [0.1, 0.15) is 12.7 Å². The van der Waals surface area contributed by atoms with Crippen molar-refractivity contribution >= 4 is 25.7 Å². The van der Waals surface area contributed by atoms with Crippen LogP contribution in [0.15, 0.2) is 48.6 Å². The Morgan fingerprint density at radius 2 is 1.02 bits per heavy atom. The van der Waals surface area contributed by atoms with Gasteiger partial charge in [-0.1, -0.05) is 127 Å². The van der Waals surface area contributed by atoms with Crippen molar-refractivity contribution in [1.29, 1.82) is 0 Å². The summed E-state index contributed by atoms with van der Waals surface area (Å²) in [5, 5.41) is 21.8. The molecule has 0 aromatic carbocycles. The summed E-state index contributed by atoms with van der Waals surface area (Å²) in [6, 6.07) is -1.56. The van der Waals surface area contributed by atoms with Crippen LogP contribution in [0.4, 0.5) is 0 Å². The molecule has 0 heterocycles. The first-order valence-electron chi connectivity index (χ1n) is 20.7. The zero-order valence-electron chi connectivity index (χ0n) is 33.5. The lowest BCUT2D eigenvalue weighted by molar-refractivity contribution is -0.147. The number of amides is 1. The quantitative estimate of drug-likeness (QED) is 0.0205. The van der Waals surface area contributed by atoms with E-state index in [1.54, 1.807) is 0 Å². The SMILES string of the molecule is CCCCC/C=C\C/C=C\CCCCCCCC(=O)NC(COP(=O)(O)OCC(O)COC(=O)CCCCCCC/C=C\C/C=C\CCCCC)C(=O)O. The highest BCUT2D eigenvalue weighted by Crippen LogP contribution is 2.43. The average Bonchev–Trinajstić information content (AvgIpc) is 3.14. The van der Waals surface area contributed by atoms with Crippen LogP contribution in [0.25, 0.3) is 0 Å². The Bertz CT molecular complexity index is 1110. The van der Waals surface area contributed by atoms with E-state index in [-0.39, 0.29) is 12.8 Å². The van der Waals surface area contributed by atoms with Crippen molar-refractivity contribution in [1.82, 2.24) is 5.32 Å². The van der Waals surface area contributed by atoms with Gasteiger partial charge in [0.25, 0.3) is 0 Å². The monoisotopic (exact) mass is 784 g/mol. The molecule has 0 aliphatic heterocycles. The summed E-state index contributed by atoms with van der Waals surface area (Å²) in [5.41, 5.74) is 0. The summed E-state index contributed by atoms with van der Waals surface area (Å²) in [6.45, 7) is 2.50. The van der Waals surface area contributed by atoms with Crippen molar-refractivity contribution in [3.8, 4) is 0 Å². The molecule has 3 atom stereocenters. The highest BCUT2D eigenvalue weighted by Gasteiger charge is 2.28. The van der Waals surface area contributed by atoms with Crippen LogP contribution in [0, 0.1) is 0 Å². The Kier molecular flexibility index (Phi) is 35.6. The van der Waals surface area contributed by atoms with Gasteiger partial charge in [0.2, 0.25) is 5.91 Å². The number of carbonyl (C=O) groups excluding carboxylic acids is 2. The minimum atomic E-state index is -4.76. The van der Waals surface area contributed by atoms with Crippen molar-refractivity contribution in [2.75, 3.05) is 19.8 Å². The number of hydrogen-bond donors (Lipinski definition) is 4. The number of nitrogens with one attached hydrogen (secondary N) is 1. The predicted molar refractivity (Wildman–Crippen MR) is 217 cm³/mol. The van der Waals surface area contributed by atoms with Crippen LogP contribution in [-0.4, -0.2) is 64.9 Å². The zero-order chi connectivity index (χ0) is 40.0. The summed E-state index contributed by atoms with van der Waals surface area (Å²) >= 11 is 0. The van der Waals surface area contributed by atoms with Gasteiger partial charge in [-0.25, -0.2) is 9.36 Å². The molecule has 3 unspecified atom stereocenters. The molecule has 0 aliphatic rings. The van der Waals surface area contributed by atoms with Gasteiger partial charge in [-0.3, -0.25) is 18.6 Å². The Morgan fingerprint density at radius 3 is 1.50 bits per heavy atom. The number of aliphatic hydroxyl groups is 1. The van der Waals surface area contributed by atoms with E-state index in [0.717, 1.165) is 89.9 Å². The molecular formula is C42H74NO10P. The number of carbonyl (C=O) groups is 3. The minimum absolute atomic E-state index is 0.127. The molecule has 0 rings (SSSR count). The van der Waals surface area contributed by atoms with Crippen molar-refractivity contribution in [3.63, 3.8) is 0 Å². The standard InChI is InChI=1S/C42H74NO10P/c1-3-5-7-9-11-13-15-17-19-21-23-25-27-29-31-33-40(45)43-39(42(47)48)37-53-54(49,50)52-36-38(44)35-51-41(46)34-32-30-28-26-24-22-20-18-16-14-12-10-8-6-4-2/h11-14,17-20,38-39,44H,3-10,15-16,21-37H2,1-2H3,(H,43,45)(H,47,48)(H,49,50)/b13-11-,14-12-,19-17-,20-18-. The maximum Gasteiger partial charge on any atom is 0.472 e. The third-order valence-corrected chi connectivity index (χ3v) is 9.54. The fourth-order valence-electron chi connectivity index (χ4n) is 5.31. The fraction of sp³-hybridized carbons (Fsp3) is 0.738. The largest absolute Gasteiger partial charge is 0.480 e. The van der Waals surface area contributed by atoms with Gasteiger partial charge >= 0.3 is 19.8 Å². The normalized spacial score (nSPS) is 14.3. The smallest absolute Gasteiger partial charge is 0.472 e. The van der Waals surface area contributed by atoms with Gasteiger partial charge in [-0.2, -0.15) is 0 Å². The molecule has 0 aromatic heterocycles. The molecule has 0 bridgehead atoms. The number of phosphoric acid groups is 1. The number of aliphatic carboxylic acids is 1. The van der Waals surface area contributed by atoms with Crippen molar-refractivity contribution in [3.05, 3.63) is 48.6 Å². The number of carboxylic acids is 1. The van der Waals surface area contributed by atoms with E-state index in [1.165, 1.54) is 38.5 Å². The van der Waals surface area contributed by atoms with Crippen LogP contribution in [0.5, 0.6) is 0 Å². The molecule has 12 heteroatoms. The molecule has 0 radical (unpaired) electrons. The molecule has 1 amide bonds. The summed E-state index contributed by atoms with van der Waals surface area (Å²) < 4.78 is 26.8. The Labute approximate surface area is 326 Å². The number of carboxylic acid groups (broad SMARTS) is 1. The summed E-state index contributed by atoms with van der Waals surface area (Å²) in [6.07, 6.45) is 39.9. The first-order valence-corrected chi connectivity index (χ1v) is 22.2. The molecule has 0 fully saturated rings. The van der Waals surface area contributed by atoms with E-state index in [2.05, 4.69) is 67.8 Å². The number of aliphatic hydroxyl groups excluding tert-OH is 1. The maximum atomic E-state index is 12.3. The number of allylic oxidation sites excluding steroid dienone is 8. The molecule has 54 heavy (non-hydrogen) atoms. The summed E-state index contributed by atoms with van der Waals surface area (Å²) in [7, 11) is -4.76. The molecular weight excluding hydrogens is 709 g/mol. The first-order chi connectivity index (χ1) is 26.1. The van der Waals surface area contributed by atoms with Crippen molar-refractivity contribution in [2.45, 2.75) is 180 Å². The van der Waals surface area contributed by atoms with Crippen LogP contribution in [0.2, 0.25) is 0 Å². The lowest BCUT2D eigenvalue weighted by Gasteiger charge is -2.18. The van der Waals surface area contributed by atoms with Gasteiger partial charge < -0.3 is 25.2 Å². The number of ether oxygens (including phenoxy) is 1. The lowest BCUT2D eigenvalue weighted by Crippen LogP contribution is -2.43. The first kappa shape index (κ1) is 51.4. The molecule has 4 N–H and O–H groups in total. The molecule has 0 aliphatic carbocycles. The van der Waals surface area contributed by atoms with Crippen molar-refractivity contribution in [2.24, 2.45) is 0 Å². The number of hydrogen-bond acceptors (Lipinski definition) is 8. The van der Waals surface area contributed by atoms with Crippen LogP contribution in [0.1, 0.15) is 168 Å². The van der Waals surface area contributed by atoms with Gasteiger partial charge in [-0.05, 0) is 77.0 Å².